The van der Waals surface area contributed by atoms with Crippen molar-refractivity contribution in [2.24, 2.45) is 0 Å². The monoisotopic (exact) mass is 315 g/mol. The average molecular weight is 315 g/mol. The SMILES string of the molecule is COC1=C(C(C)=O)C2CCC(CC1)N2C(CO)c1ccccc1. The normalized spacial score (nSPS) is 26.0. The largest absolute Gasteiger partial charge is 0.501 e. The summed E-state index contributed by atoms with van der Waals surface area (Å²) in [6.07, 6.45) is 3.80. The third-order valence-electron chi connectivity index (χ3n) is 5.24. The minimum Gasteiger partial charge on any atom is -0.501 e. The van der Waals surface area contributed by atoms with Gasteiger partial charge in [0.2, 0.25) is 0 Å². The fourth-order valence-electron chi connectivity index (χ4n) is 4.27. The molecule has 0 spiro atoms. The Hall–Kier alpha value is -1.65. The molecule has 3 unspecified atom stereocenters. The second-order valence-corrected chi connectivity index (χ2v) is 6.44. The van der Waals surface area contributed by atoms with Crippen LogP contribution < -0.4 is 0 Å². The van der Waals surface area contributed by atoms with Gasteiger partial charge in [0.1, 0.15) is 5.76 Å². The summed E-state index contributed by atoms with van der Waals surface area (Å²) in [6.45, 7) is 1.69. The van der Waals surface area contributed by atoms with Crippen LogP contribution in [0.4, 0.5) is 0 Å². The number of nitrogens with zero attached hydrogens (tertiary/aromatic N) is 1. The summed E-state index contributed by atoms with van der Waals surface area (Å²) < 4.78 is 5.53. The number of fused-ring (bicyclic) bond motifs is 2. The summed E-state index contributed by atoms with van der Waals surface area (Å²) >= 11 is 0. The van der Waals surface area contributed by atoms with E-state index < -0.39 is 0 Å². The third kappa shape index (κ3) is 2.93. The molecular weight excluding hydrogens is 290 g/mol. The van der Waals surface area contributed by atoms with Gasteiger partial charge in [-0.15, -0.1) is 0 Å². The van der Waals surface area contributed by atoms with E-state index in [-0.39, 0.29) is 24.5 Å². The molecule has 0 amide bonds. The first-order valence-corrected chi connectivity index (χ1v) is 8.38. The molecule has 23 heavy (non-hydrogen) atoms. The molecule has 1 saturated heterocycles. The van der Waals surface area contributed by atoms with Crippen molar-refractivity contribution in [1.29, 1.82) is 0 Å². The number of hydrogen-bond donors (Lipinski definition) is 1. The summed E-state index contributed by atoms with van der Waals surface area (Å²) in [6, 6.07) is 10.5. The van der Waals surface area contributed by atoms with Crippen LogP contribution in [0.1, 0.15) is 44.2 Å². The number of methoxy groups -OCH3 is 1. The Morgan fingerprint density at radius 2 is 2.04 bits per heavy atom. The van der Waals surface area contributed by atoms with Gasteiger partial charge in [-0.05, 0) is 31.7 Å². The van der Waals surface area contributed by atoms with Gasteiger partial charge in [-0.1, -0.05) is 30.3 Å². The van der Waals surface area contributed by atoms with Crippen molar-refractivity contribution in [2.45, 2.75) is 50.7 Å². The van der Waals surface area contributed by atoms with E-state index in [2.05, 4.69) is 17.0 Å². The van der Waals surface area contributed by atoms with Crippen LogP contribution in [0, 0.1) is 0 Å². The molecule has 1 N–H and O–H groups in total. The zero-order valence-corrected chi connectivity index (χ0v) is 13.9. The quantitative estimate of drug-likeness (QED) is 0.908. The number of aliphatic hydroxyl groups excluding tert-OH is 1. The fourth-order valence-corrected chi connectivity index (χ4v) is 4.27. The number of rotatable bonds is 5. The van der Waals surface area contributed by atoms with Crippen LogP contribution in [-0.4, -0.2) is 41.6 Å². The van der Waals surface area contributed by atoms with Crippen molar-refractivity contribution in [3.8, 4) is 0 Å². The molecule has 4 heteroatoms. The molecule has 0 radical (unpaired) electrons. The molecule has 3 atom stereocenters. The highest BCUT2D eigenvalue weighted by molar-refractivity contribution is 5.95. The topological polar surface area (TPSA) is 49.8 Å². The van der Waals surface area contributed by atoms with Crippen molar-refractivity contribution in [1.82, 2.24) is 4.90 Å². The van der Waals surface area contributed by atoms with Crippen LogP contribution in [0.5, 0.6) is 0 Å². The maximum Gasteiger partial charge on any atom is 0.160 e. The molecule has 2 bridgehead atoms. The number of Topliss-reactive ketones (excluding diaryl/α,β-unsaturated/α-hetero) is 1. The lowest BCUT2D eigenvalue weighted by atomic mass is 9.95. The fraction of sp³-hybridized carbons (Fsp3) is 0.526. The Balaban J connectivity index is 2.02. The summed E-state index contributed by atoms with van der Waals surface area (Å²) in [5.41, 5.74) is 1.91. The zero-order chi connectivity index (χ0) is 16.4. The molecule has 1 aromatic rings. The van der Waals surface area contributed by atoms with Crippen LogP contribution >= 0.6 is 0 Å². The van der Waals surface area contributed by atoms with E-state index in [1.807, 2.05) is 18.2 Å². The smallest absolute Gasteiger partial charge is 0.160 e. The van der Waals surface area contributed by atoms with Gasteiger partial charge >= 0.3 is 0 Å². The van der Waals surface area contributed by atoms with Crippen LogP contribution in [-0.2, 0) is 9.53 Å². The second kappa shape index (κ2) is 6.85. The van der Waals surface area contributed by atoms with Crippen molar-refractivity contribution >= 4 is 5.78 Å². The third-order valence-corrected chi connectivity index (χ3v) is 5.24. The molecule has 2 aliphatic rings. The maximum atomic E-state index is 12.3. The minimum absolute atomic E-state index is 0.0484. The predicted octanol–water partition coefficient (Wildman–Crippen LogP) is 2.84. The van der Waals surface area contributed by atoms with Crippen molar-refractivity contribution in [3.05, 3.63) is 47.2 Å². The Labute approximate surface area is 137 Å². The number of aliphatic hydroxyl groups is 1. The predicted molar refractivity (Wildman–Crippen MR) is 88.9 cm³/mol. The number of ketones is 1. The van der Waals surface area contributed by atoms with Crippen LogP contribution in [0.25, 0.3) is 0 Å². The van der Waals surface area contributed by atoms with E-state index in [4.69, 9.17) is 4.74 Å². The highest BCUT2D eigenvalue weighted by Gasteiger charge is 2.44. The standard InChI is InChI=1S/C19H25NO3/c1-13(22)19-16-10-8-15(9-11-18(19)23-2)20(16)17(12-21)14-6-4-3-5-7-14/h3-7,15-17,21H,8-12H2,1-2H3. The summed E-state index contributed by atoms with van der Waals surface area (Å²) in [5, 5.41) is 10.1. The number of benzene rings is 1. The molecule has 2 aliphatic heterocycles. The number of hydrogen-bond acceptors (Lipinski definition) is 4. The second-order valence-electron chi connectivity index (χ2n) is 6.44. The van der Waals surface area contributed by atoms with E-state index in [9.17, 15) is 9.90 Å². The van der Waals surface area contributed by atoms with Gasteiger partial charge in [-0.3, -0.25) is 9.69 Å². The number of carbonyl (C=O) groups is 1. The molecule has 0 saturated carbocycles. The van der Waals surface area contributed by atoms with E-state index in [1.165, 1.54) is 0 Å². The molecule has 0 aromatic heterocycles. The highest BCUT2D eigenvalue weighted by atomic mass is 16.5. The lowest BCUT2D eigenvalue weighted by Gasteiger charge is -2.36. The summed E-state index contributed by atoms with van der Waals surface area (Å²) in [7, 11) is 1.66. The molecule has 1 aromatic carbocycles. The Morgan fingerprint density at radius 3 is 2.65 bits per heavy atom. The molecule has 2 heterocycles. The Morgan fingerprint density at radius 1 is 1.30 bits per heavy atom. The first-order chi connectivity index (χ1) is 11.2. The number of allylic oxidation sites excluding steroid dienone is 1. The zero-order valence-electron chi connectivity index (χ0n) is 13.9. The van der Waals surface area contributed by atoms with Gasteiger partial charge in [-0.2, -0.15) is 0 Å². The maximum absolute atomic E-state index is 12.3. The first kappa shape index (κ1) is 16.2. The van der Waals surface area contributed by atoms with Crippen molar-refractivity contribution < 1.29 is 14.6 Å². The van der Waals surface area contributed by atoms with Crippen LogP contribution in [0.2, 0.25) is 0 Å². The first-order valence-electron chi connectivity index (χ1n) is 8.38. The lowest BCUT2D eigenvalue weighted by Crippen LogP contribution is -2.41. The number of ether oxygens (including phenoxy) is 1. The summed E-state index contributed by atoms with van der Waals surface area (Å²) in [4.78, 5) is 14.6. The molecule has 3 rings (SSSR count). The summed E-state index contributed by atoms with van der Waals surface area (Å²) in [5.74, 6) is 0.920. The minimum atomic E-state index is -0.0701. The van der Waals surface area contributed by atoms with Crippen molar-refractivity contribution in [2.75, 3.05) is 13.7 Å². The van der Waals surface area contributed by atoms with Gasteiger partial charge in [0, 0.05) is 24.1 Å². The van der Waals surface area contributed by atoms with E-state index in [1.54, 1.807) is 14.0 Å². The average Bonchev–Trinajstić information content (AvgIpc) is 2.86. The van der Waals surface area contributed by atoms with Crippen LogP contribution in [0.3, 0.4) is 0 Å². The Kier molecular flexibility index (Phi) is 4.83. The van der Waals surface area contributed by atoms with E-state index in [0.717, 1.165) is 42.6 Å². The molecule has 1 fully saturated rings. The molecule has 0 aliphatic carbocycles. The van der Waals surface area contributed by atoms with Gasteiger partial charge in [-0.25, -0.2) is 0 Å². The van der Waals surface area contributed by atoms with Gasteiger partial charge in [0.05, 0.1) is 19.8 Å². The van der Waals surface area contributed by atoms with Gasteiger partial charge in [0.15, 0.2) is 5.78 Å². The number of carbonyl (C=O) groups excluding carboxylic acids is 1. The van der Waals surface area contributed by atoms with E-state index >= 15 is 0 Å². The highest BCUT2D eigenvalue weighted by Crippen LogP contribution is 2.42. The molecule has 4 nitrogen and oxygen atoms in total. The van der Waals surface area contributed by atoms with Gasteiger partial charge in [0.25, 0.3) is 0 Å². The van der Waals surface area contributed by atoms with Crippen molar-refractivity contribution in [3.63, 3.8) is 0 Å². The Bertz CT molecular complexity index is 596. The van der Waals surface area contributed by atoms with E-state index in [0.29, 0.717) is 6.04 Å². The lowest BCUT2D eigenvalue weighted by molar-refractivity contribution is -0.114. The molecular formula is C19H25NO3. The van der Waals surface area contributed by atoms with Crippen LogP contribution in [0.15, 0.2) is 41.7 Å². The molecule has 124 valence electrons. The van der Waals surface area contributed by atoms with Gasteiger partial charge < -0.3 is 9.84 Å².